The molecule has 0 fully saturated rings. The lowest BCUT2D eigenvalue weighted by molar-refractivity contribution is -0.384. The van der Waals surface area contributed by atoms with Crippen molar-refractivity contribution in [1.29, 1.82) is 0 Å². The molecule has 0 amide bonds. The number of nitro benzene ring substituents is 1. The zero-order valence-corrected chi connectivity index (χ0v) is 7.52. The molecule has 0 spiro atoms. The van der Waals surface area contributed by atoms with E-state index in [1.165, 1.54) is 0 Å². The molecule has 1 unspecified atom stereocenters. The minimum atomic E-state index is -2.57. The largest absolute Gasteiger partial charge is 0.768 e. The fourth-order valence-corrected chi connectivity index (χ4v) is 1.37. The van der Waals surface area contributed by atoms with E-state index in [1.54, 1.807) is 0 Å². The minimum absolute atomic E-state index is 0.215. The van der Waals surface area contributed by atoms with E-state index in [0.717, 1.165) is 18.2 Å². The van der Waals surface area contributed by atoms with Crippen LogP contribution in [0.2, 0.25) is 0 Å². The number of nitrogens with zero attached hydrogens (tertiary/aromatic N) is 1. The summed E-state index contributed by atoms with van der Waals surface area (Å²) in [5.74, 6) is 0. The fraction of sp³-hybridized carbons (Fsp3) is 0. The fourth-order valence-electron chi connectivity index (χ4n) is 0.893. The van der Waals surface area contributed by atoms with Gasteiger partial charge in [0.15, 0.2) is 6.29 Å². The molecule has 0 saturated carbocycles. The molecule has 0 aromatic heterocycles. The van der Waals surface area contributed by atoms with E-state index < -0.39 is 16.0 Å². The first-order valence-corrected chi connectivity index (χ1v) is 4.46. The quantitative estimate of drug-likeness (QED) is 0.318. The molecule has 0 aliphatic heterocycles. The summed E-state index contributed by atoms with van der Waals surface area (Å²) in [5, 5.41) is 10.3. The zero-order chi connectivity index (χ0) is 10.7. The second-order valence-corrected chi connectivity index (χ2v) is 3.24. The Morgan fingerprint density at radius 3 is 2.50 bits per heavy atom. The number of benzene rings is 1. The van der Waals surface area contributed by atoms with Crippen LogP contribution in [0.25, 0.3) is 0 Å². The summed E-state index contributed by atoms with van der Waals surface area (Å²) in [6.45, 7) is 0. The van der Waals surface area contributed by atoms with Crippen molar-refractivity contribution in [2.75, 3.05) is 0 Å². The lowest BCUT2D eigenvalue weighted by Crippen LogP contribution is -1.97. The van der Waals surface area contributed by atoms with Crippen molar-refractivity contribution in [2.24, 2.45) is 0 Å². The Morgan fingerprint density at radius 2 is 2.07 bits per heavy atom. The van der Waals surface area contributed by atoms with Gasteiger partial charge in [0.25, 0.3) is 5.69 Å². The van der Waals surface area contributed by atoms with Crippen LogP contribution in [-0.4, -0.2) is 20.0 Å². The van der Waals surface area contributed by atoms with Crippen LogP contribution in [-0.2, 0) is 11.1 Å². The predicted octanol–water partition coefficient (Wildman–Crippen LogP) is 0.645. The van der Waals surface area contributed by atoms with Crippen molar-refractivity contribution in [1.82, 2.24) is 0 Å². The van der Waals surface area contributed by atoms with Crippen molar-refractivity contribution in [3.8, 4) is 0 Å². The van der Waals surface area contributed by atoms with Crippen molar-refractivity contribution >= 4 is 23.1 Å². The number of hydrogen-bond donors (Lipinski definition) is 0. The summed E-state index contributed by atoms with van der Waals surface area (Å²) in [7, 11) is 0. The van der Waals surface area contributed by atoms with Crippen LogP contribution in [0, 0.1) is 10.1 Å². The summed E-state index contributed by atoms with van der Waals surface area (Å²) in [5.41, 5.74) is -0.533. The Bertz CT molecular complexity index is 417. The molecule has 0 bridgehead atoms. The number of carbonyl (C=O) groups excluding carboxylic acids is 1. The first-order valence-electron chi connectivity index (χ1n) is 3.39. The van der Waals surface area contributed by atoms with Gasteiger partial charge in [0, 0.05) is 22.6 Å². The van der Waals surface area contributed by atoms with Gasteiger partial charge in [0.2, 0.25) is 0 Å². The monoisotopic (exact) mass is 214 g/mol. The maximum Gasteiger partial charge on any atom is 0.270 e. The van der Waals surface area contributed by atoms with Crippen LogP contribution in [0.5, 0.6) is 0 Å². The molecule has 0 aliphatic carbocycles. The van der Waals surface area contributed by atoms with Crippen molar-refractivity contribution in [3.63, 3.8) is 0 Å². The summed E-state index contributed by atoms with van der Waals surface area (Å²) in [6.07, 6.45) is 0.262. The van der Waals surface area contributed by atoms with Crippen molar-refractivity contribution in [3.05, 3.63) is 33.9 Å². The molecular formula is C7H4NO5S-. The summed E-state index contributed by atoms with van der Waals surface area (Å²) in [4.78, 5) is 19.7. The third-order valence-corrected chi connectivity index (χ3v) is 2.24. The molecule has 6 nitrogen and oxygen atoms in total. The molecule has 0 saturated heterocycles. The van der Waals surface area contributed by atoms with Crippen LogP contribution in [0.4, 0.5) is 5.69 Å². The standard InChI is InChI=1S/C7H5NO5S/c9-4-5-3-6(8(10)11)1-2-7(5)14(12)13/h1-4H,(H,12,13)/p-1. The summed E-state index contributed by atoms with van der Waals surface area (Å²) in [6, 6.07) is 2.96. The molecule has 1 atom stereocenters. The second kappa shape index (κ2) is 4.07. The Morgan fingerprint density at radius 1 is 1.43 bits per heavy atom. The molecule has 1 rings (SSSR count). The highest BCUT2D eigenvalue weighted by Crippen LogP contribution is 2.18. The van der Waals surface area contributed by atoms with E-state index in [0.29, 0.717) is 0 Å². The molecule has 74 valence electrons. The predicted molar refractivity (Wildman–Crippen MR) is 45.7 cm³/mol. The Hall–Kier alpha value is -1.60. The number of aldehydes is 1. The Balaban J connectivity index is 3.32. The molecular weight excluding hydrogens is 210 g/mol. The van der Waals surface area contributed by atoms with Crippen molar-refractivity contribution in [2.45, 2.75) is 4.90 Å². The van der Waals surface area contributed by atoms with Gasteiger partial charge in [-0.25, -0.2) is 0 Å². The van der Waals surface area contributed by atoms with Crippen molar-refractivity contribution < 1.29 is 18.5 Å². The molecule has 7 heteroatoms. The van der Waals surface area contributed by atoms with Gasteiger partial charge >= 0.3 is 0 Å². The van der Waals surface area contributed by atoms with E-state index in [2.05, 4.69) is 0 Å². The first-order chi connectivity index (χ1) is 6.56. The lowest BCUT2D eigenvalue weighted by Gasteiger charge is -2.06. The van der Waals surface area contributed by atoms with E-state index >= 15 is 0 Å². The molecule has 0 heterocycles. The Labute approximate surface area is 81.0 Å². The second-order valence-electron chi connectivity index (χ2n) is 2.33. The smallest absolute Gasteiger partial charge is 0.270 e. The van der Waals surface area contributed by atoms with Crippen LogP contribution in [0.3, 0.4) is 0 Å². The zero-order valence-electron chi connectivity index (χ0n) is 6.71. The minimum Gasteiger partial charge on any atom is -0.768 e. The third-order valence-electron chi connectivity index (χ3n) is 1.51. The van der Waals surface area contributed by atoms with E-state index in [9.17, 15) is 23.7 Å². The van der Waals surface area contributed by atoms with Crippen LogP contribution < -0.4 is 0 Å². The summed E-state index contributed by atoms with van der Waals surface area (Å²) >= 11 is -2.57. The van der Waals surface area contributed by atoms with Gasteiger partial charge in [-0.15, -0.1) is 0 Å². The Kier molecular flexibility index (Phi) is 3.05. The average molecular weight is 214 g/mol. The number of carbonyl (C=O) groups is 1. The number of hydrogen-bond acceptors (Lipinski definition) is 5. The van der Waals surface area contributed by atoms with Crippen LogP contribution >= 0.6 is 0 Å². The van der Waals surface area contributed by atoms with Gasteiger partial charge in [-0.2, -0.15) is 0 Å². The van der Waals surface area contributed by atoms with E-state index in [-0.39, 0.29) is 22.4 Å². The molecule has 0 N–H and O–H groups in total. The van der Waals surface area contributed by atoms with E-state index in [4.69, 9.17) is 0 Å². The maximum atomic E-state index is 10.5. The van der Waals surface area contributed by atoms with Gasteiger partial charge in [0.1, 0.15) is 0 Å². The molecule has 14 heavy (non-hydrogen) atoms. The number of rotatable bonds is 3. The average Bonchev–Trinajstić information content (AvgIpc) is 2.16. The van der Waals surface area contributed by atoms with Gasteiger partial charge in [-0.3, -0.25) is 19.1 Å². The van der Waals surface area contributed by atoms with Crippen LogP contribution in [0.15, 0.2) is 23.1 Å². The normalized spacial score (nSPS) is 12.1. The molecule has 1 aromatic rings. The van der Waals surface area contributed by atoms with Gasteiger partial charge < -0.3 is 4.55 Å². The molecule has 0 aliphatic rings. The lowest BCUT2D eigenvalue weighted by atomic mass is 10.2. The topological polar surface area (TPSA) is 100 Å². The highest BCUT2D eigenvalue weighted by Gasteiger charge is 2.10. The highest BCUT2D eigenvalue weighted by atomic mass is 32.2. The maximum absolute atomic E-state index is 10.5. The highest BCUT2D eigenvalue weighted by molar-refractivity contribution is 7.79. The summed E-state index contributed by atoms with van der Waals surface area (Å²) < 4.78 is 21.1. The van der Waals surface area contributed by atoms with Gasteiger partial charge in [-0.1, -0.05) is 0 Å². The SMILES string of the molecule is O=Cc1cc([N+](=O)[O-])ccc1S(=O)[O-]. The first kappa shape index (κ1) is 10.5. The number of non-ortho nitro benzene ring substituents is 1. The molecule has 0 radical (unpaired) electrons. The van der Waals surface area contributed by atoms with Gasteiger partial charge in [-0.05, 0) is 17.1 Å². The number of nitro groups is 1. The van der Waals surface area contributed by atoms with Crippen LogP contribution in [0.1, 0.15) is 10.4 Å². The molecule has 1 aromatic carbocycles. The van der Waals surface area contributed by atoms with E-state index in [1.807, 2.05) is 0 Å². The van der Waals surface area contributed by atoms with Gasteiger partial charge in [0.05, 0.1) is 4.92 Å². The third kappa shape index (κ3) is 2.01.